The number of nitrogens with two attached hydrogens (primary N) is 1. The fourth-order valence-electron chi connectivity index (χ4n) is 2.97. The molecule has 0 aliphatic heterocycles. The minimum Gasteiger partial charge on any atom is -0.493 e. The van der Waals surface area contributed by atoms with Crippen molar-refractivity contribution in [3.8, 4) is 40.0 Å². The lowest BCUT2D eigenvalue weighted by molar-refractivity contribution is 0.355. The monoisotopic (exact) mass is 359 g/mol. The molecule has 136 valence electrons. The summed E-state index contributed by atoms with van der Waals surface area (Å²) < 4.78 is 10.7. The summed E-state index contributed by atoms with van der Waals surface area (Å²) in [6, 6.07) is 17.7. The molecule has 2 N–H and O–H groups in total. The molecule has 0 atom stereocenters. The summed E-state index contributed by atoms with van der Waals surface area (Å²) >= 11 is 0. The highest BCUT2D eigenvalue weighted by atomic mass is 16.5. The van der Waals surface area contributed by atoms with E-state index in [9.17, 15) is 5.26 Å². The summed E-state index contributed by atoms with van der Waals surface area (Å²) in [6.45, 7) is 2.11. The highest BCUT2D eigenvalue weighted by Crippen LogP contribution is 2.35. The Morgan fingerprint density at radius 3 is 2.22 bits per heavy atom. The molecular formula is C22H21N3O2. The van der Waals surface area contributed by atoms with Gasteiger partial charge < -0.3 is 15.2 Å². The predicted molar refractivity (Wildman–Crippen MR) is 107 cm³/mol. The van der Waals surface area contributed by atoms with Crippen molar-refractivity contribution in [2.45, 2.75) is 13.3 Å². The van der Waals surface area contributed by atoms with E-state index in [0.29, 0.717) is 22.8 Å². The molecule has 1 aromatic heterocycles. The zero-order chi connectivity index (χ0) is 19.4. The number of anilines is 1. The third kappa shape index (κ3) is 3.56. The molecule has 1 heterocycles. The van der Waals surface area contributed by atoms with Crippen LogP contribution in [0.1, 0.15) is 18.1 Å². The van der Waals surface area contributed by atoms with E-state index in [0.717, 1.165) is 23.1 Å². The zero-order valence-electron chi connectivity index (χ0n) is 15.6. The van der Waals surface area contributed by atoms with E-state index >= 15 is 0 Å². The van der Waals surface area contributed by atoms with Gasteiger partial charge in [0.15, 0.2) is 11.5 Å². The van der Waals surface area contributed by atoms with Gasteiger partial charge in [0.1, 0.15) is 17.5 Å². The van der Waals surface area contributed by atoms with E-state index < -0.39 is 0 Å². The van der Waals surface area contributed by atoms with Gasteiger partial charge in [-0.2, -0.15) is 5.26 Å². The van der Waals surface area contributed by atoms with E-state index in [4.69, 9.17) is 15.2 Å². The Labute approximate surface area is 159 Å². The first-order valence-electron chi connectivity index (χ1n) is 8.63. The predicted octanol–water partition coefficient (Wildman–Crippen LogP) is 4.45. The van der Waals surface area contributed by atoms with Crippen molar-refractivity contribution in [2.75, 3.05) is 20.0 Å². The molecule has 2 aromatic carbocycles. The van der Waals surface area contributed by atoms with Crippen molar-refractivity contribution < 1.29 is 9.47 Å². The van der Waals surface area contributed by atoms with Crippen LogP contribution in [-0.2, 0) is 6.42 Å². The van der Waals surface area contributed by atoms with Gasteiger partial charge in [-0.3, -0.25) is 0 Å². The Balaban J connectivity index is 2.16. The van der Waals surface area contributed by atoms with Gasteiger partial charge in [0.25, 0.3) is 0 Å². The first kappa shape index (κ1) is 18.3. The number of nitrogen functional groups attached to an aromatic ring is 1. The Morgan fingerprint density at radius 2 is 1.63 bits per heavy atom. The molecule has 0 bridgehead atoms. The van der Waals surface area contributed by atoms with Gasteiger partial charge in [-0.05, 0) is 41.8 Å². The van der Waals surface area contributed by atoms with Crippen molar-refractivity contribution in [3.63, 3.8) is 0 Å². The molecule has 0 spiro atoms. The standard InChI is InChI=1S/C22H21N3O2/c1-4-14-5-7-15(8-6-14)17-12-19(25-22(24)18(17)13-23)16-9-10-20(26-2)21(11-16)27-3/h5-12H,4H2,1-3H3,(H2,24,25). The topological polar surface area (TPSA) is 81.2 Å². The van der Waals surface area contributed by atoms with Crippen molar-refractivity contribution in [3.05, 3.63) is 59.7 Å². The molecule has 0 aliphatic carbocycles. The van der Waals surface area contributed by atoms with Gasteiger partial charge in [-0.25, -0.2) is 4.98 Å². The Kier molecular flexibility index (Phi) is 5.28. The average molecular weight is 359 g/mol. The molecular weight excluding hydrogens is 338 g/mol. The van der Waals surface area contributed by atoms with Gasteiger partial charge in [-0.1, -0.05) is 31.2 Å². The van der Waals surface area contributed by atoms with Crippen molar-refractivity contribution in [2.24, 2.45) is 0 Å². The van der Waals surface area contributed by atoms with Crippen LogP contribution in [0.4, 0.5) is 5.82 Å². The second-order valence-corrected chi connectivity index (χ2v) is 6.05. The fourth-order valence-corrected chi connectivity index (χ4v) is 2.97. The maximum absolute atomic E-state index is 9.57. The van der Waals surface area contributed by atoms with Crippen LogP contribution in [0.3, 0.4) is 0 Å². The summed E-state index contributed by atoms with van der Waals surface area (Å²) in [4.78, 5) is 4.42. The number of rotatable bonds is 5. The maximum atomic E-state index is 9.57. The molecule has 5 heteroatoms. The van der Waals surface area contributed by atoms with Crippen LogP contribution in [0, 0.1) is 11.3 Å². The number of aryl methyl sites for hydroxylation is 1. The summed E-state index contributed by atoms with van der Waals surface area (Å²) in [5.74, 6) is 1.45. The zero-order valence-corrected chi connectivity index (χ0v) is 15.6. The van der Waals surface area contributed by atoms with E-state index in [2.05, 4.69) is 30.1 Å². The molecule has 0 saturated carbocycles. The normalized spacial score (nSPS) is 10.3. The highest BCUT2D eigenvalue weighted by molar-refractivity contribution is 5.80. The molecule has 3 aromatic rings. The number of nitriles is 1. The number of ether oxygens (including phenoxy) is 2. The largest absolute Gasteiger partial charge is 0.493 e. The molecule has 0 radical (unpaired) electrons. The third-order valence-electron chi connectivity index (χ3n) is 4.51. The Hall–Kier alpha value is -3.52. The molecule has 5 nitrogen and oxygen atoms in total. The third-order valence-corrected chi connectivity index (χ3v) is 4.51. The number of aromatic nitrogens is 1. The number of pyridine rings is 1. The van der Waals surface area contributed by atoms with Crippen LogP contribution in [0.25, 0.3) is 22.4 Å². The average Bonchev–Trinajstić information content (AvgIpc) is 2.72. The van der Waals surface area contributed by atoms with Gasteiger partial charge in [-0.15, -0.1) is 0 Å². The number of hydrogen-bond acceptors (Lipinski definition) is 5. The first-order chi connectivity index (χ1) is 13.1. The van der Waals surface area contributed by atoms with E-state index in [1.54, 1.807) is 14.2 Å². The molecule has 0 aliphatic rings. The molecule has 0 fully saturated rings. The van der Waals surface area contributed by atoms with E-state index in [-0.39, 0.29) is 5.82 Å². The molecule has 0 amide bonds. The number of benzene rings is 2. The fraction of sp³-hybridized carbons (Fsp3) is 0.182. The number of nitrogens with zero attached hydrogens (tertiary/aromatic N) is 2. The van der Waals surface area contributed by atoms with Crippen LogP contribution in [0.5, 0.6) is 11.5 Å². The minimum absolute atomic E-state index is 0.208. The van der Waals surface area contributed by atoms with E-state index in [1.807, 2.05) is 36.4 Å². The van der Waals surface area contributed by atoms with Crippen molar-refractivity contribution >= 4 is 5.82 Å². The van der Waals surface area contributed by atoms with E-state index in [1.165, 1.54) is 5.56 Å². The Bertz CT molecular complexity index is 1010. The minimum atomic E-state index is 0.208. The summed E-state index contributed by atoms with van der Waals surface area (Å²) in [5, 5.41) is 9.57. The first-order valence-corrected chi connectivity index (χ1v) is 8.63. The van der Waals surface area contributed by atoms with Crippen LogP contribution >= 0.6 is 0 Å². The van der Waals surface area contributed by atoms with Crippen molar-refractivity contribution in [1.29, 1.82) is 5.26 Å². The van der Waals surface area contributed by atoms with Gasteiger partial charge >= 0.3 is 0 Å². The lowest BCUT2D eigenvalue weighted by atomic mass is 9.97. The molecule has 0 saturated heterocycles. The van der Waals surface area contributed by atoms with Gasteiger partial charge in [0.2, 0.25) is 0 Å². The van der Waals surface area contributed by atoms with Crippen molar-refractivity contribution in [1.82, 2.24) is 4.98 Å². The van der Waals surface area contributed by atoms with Gasteiger partial charge in [0, 0.05) is 11.1 Å². The Morgan fingerprint density at radius 1 is 0.963 bits per heavy atom. The quantitative estimate of drug-likeness (QED) is 0.728. The lowest BCUT2D eigenvalue weighted by Crippen LogP contribution is -2.00. The molecule has 27 heavy (non-hydrogen) atoms. The second kappa shape index (κ2) is 7.79. The number of hydrogen-bond donors (Lipinski definition) is 1. The summed E-state index contributed by atoms with van der Waals surface area (Å²) in [6.07, 6.45) is 0.959. The summed E-state index contributed by atoms with van der Waals surface area (Å²) in [5.41, 5.74) is 10.9. The highest BCUT2D eigenvalue weighted by Gasteiger charge is 2.15. The van der Waals surface area contributed by atoms with Crippen LogP contribution in [0.2, 0.25) is 0 Å². The van der Waals surface area contributed by atoms with Crippen LogP contribution < -0.4 is 15.2 Å². The smallest absolute Gasteiger partial charge is 0.161 e. The maximum Gasteiger partial charge on any atom is 0.161 e. The van der Waals surface area contributed by atoms with Crippen LogP contribution in [-0.4, -0.2) is 19.2 Å². The number of methoxy groups -OCH3 is 2. The molecule has 3 rings (SSSR count). The van der Waals surface area contributed by atoms with Crippen LogP contribution in [0.15, 0.2) is 48.5 Å². The molecule has 0 unspecified atom stereocenters. The lowest BCUT2D eigenvalue weighted by Gasteiger charge is -2.13. The SMILES string of the molecule is CCc1ccc(-c2cc(-c3ccc(OC)c(OC)c3)nc(N)c2C#N)cc1. The second-order valence-electron chi connectivity index (χ2n) is 6.05. The van der Waals surface area contributed by atoms with Gasteiger partial charge in [0.05, 0.1) is 19.9 Å². The summed E-state index contributed by atoms with van der Waals surface area (Å²) in [7, 11) is 3.18.